The van der Waals surface area contributed by atoms with Gasteiger partial charge in [0.1, 0.15) is 5.75 Å². The SMILES string of the molecule is C#CCn1c(=NC(=O)c2cccc(N3C(=O)CCC3=O)c2)sc2cc(OCC)ccc21. The van der Waals surface area contributed by atoms with E-state index in [1.165, 1.54) is 17.4 Å². The van der Waals surface area contributed by atoms with Crippen molar-refractivity contribution >= 4 is 45.0 Å². The lowest BCUT2D eigenvalue weighted by molar-refractivity contribution is -0.121. The number of nitrogens with zero attached hydrogens (tertiary/aromatic N) is 3. The zero-order chi connectivity index (χ0) is 22.0. The Kier molecular flexibility index (Phi) is 5.69. The minimum Gasteiger partial charge on any atom is -0.494 e. The number of terminal acetylenes is 1. The van der Waals surface area contributed by atoms with Gasteiger partial charge in [-0.2, -0.15) is 4.99 Å². The van der Waals surface area contributed by atoms with Gasteiger partial charge in [0.15, 0.2) is 4.80 Å². The topological polar surface area (TPSA) is 81.0 Å². The number of hydrogen-bond acceptors (Lipinski definition) is 5. The van der Waals surface area contributed by atoms with Crippen LogP contribution in [0.15, 0.2) is 47.5 Å². The first kappa shape index (κ1) is 20.6. The lowest BCUT2D eigenvalue weighted by Gasteiger charge is -2.14. The molecule has 0 spiro atoms. The van der Waals surface area contributed by atoms with Crippen molar-refractivity contribution in [1.82, 2.24) is 4.57 Å². The fraction of sp³-hybridized carbons (Fsp3) is 0.217. The van der Waals surface area contributed by atoms with Crippen LogP contribution in [0, 0.1) is 12.3 Å². The van der Waals surface area contributed by atoms with Crippen molar-refractivity contribution < 1.29 is 19.1 Å². The fourth-order valence-corrected chi connectivity index (χ4v) is 4.49. The molecule has 2 aromatic carbocycles. The van der Waals surface area contributed by atoms with Crippen LogP contribution in [0.3, 0.4) is 0 Å². The van der Waals surface area contributed by atoms with E-state index in [1.54, 1.807) is 22.8 Å². The summed E-state index contributed by atoms with van der Waals surface area (Å²) in [4.78, 5) is 42.8. The molecule has 0 bridgehead atoms. The number of hydrogen-bond donors (Lipinski definition) is 0. The molecule has 31 heavy (non-hydrogen) atoms. The molecule has 1 saturated heterocycles. The molecule has 7 nitrogen and oxygen atoms in total. The summed E-state index contributed by atoms with van der Waals surface area (Å²) in [7, 11) is 0. The number of benzene rings is 2. The van der Waals surface area contributed by atoms with E-state index >= 15 is 0 Å². The van der Waals surface area contributed by atoms with Gasteiger partial charge in [-0.3, -0.25) is 19.3 Å². The number of carbonyl (C=O) groups excluding carboxylic acids is 3. The standard InChI is InChI=1S/C23H19N3O4S/c1-3-12-25-18-9-8-17(30-4-2)14-19(18)31-23(25)24-22(29)15-6-5-7-16(13-15)26-20(27)10-11-21(26)28/h1,5-9,13-14H,4,10-12H2,2H3. The monoisotopic (exact) mass is 433 g/mol. The van der Waals surface area contributed by atoms with Crippen LogP contribution in [-0.2, 0) is 16.1 Å². The van der Waals surface area contributed by atoms with Gasteiger partial charge in [-0.1, -0.05) is 23.3 Å². The molecule has 1 aromatic heterocycles. The number of amides is 3. The lowest BCUT2D eigenvalue weighted by atomic mass is 10.2. The maximum Gasteiger partial charge on any atom is 0.279 e. The summed E-state index contributed by atoms with van der Waals surface area (Å²) >= 11 is 1.34. The normalized spacial score (nSPS) is 14.3. The van der Waals surface area contributed by atoms with Gasteiger partial charge < -0.3 is 9.30 Å². The van der Waals surface area contributed by atoms with Crippen molar-refractivity contribution in [3.05, 3.63) is 52.8 Å². The number of ether oxygens (including phenoxy) is 1. The highest BCUT2D eigenvalue weighted by Crippen LogP contribution is 2.25. The van der Waals surface area contributed by atoms with Crippen molar-refractivity contribution in [2.45, 2.75) is 26.3 Å². The number of aromatic nitrogens is 1. The van der Waals surface area contributed by atoms with Crippen LogP contribution in [0.2, 0.25) is 0 Å². The molecule has 0 saturated carbocycles. The molecule has 0 atom stereocenters. The fourth-order valence-electron chi connectivity index (χ4n) is 3.43. The Bertz CT molecular complexity index is 1300. The van der Waals surface area contributed by atoms with Gasteiger partial charge in [-0.15, -0.1) is 6.42 Å². The number of rotatable bonds is 5. The molecule has 4 rings (SSSR count). The van der Waals surface area contributed by atoms with Gasteiger partial charge in [0.05, 0.1) is 29.1 Å². The first-order chi connectivity index (χ1) is 15.0. The first-order valence-electron chi connectivity index (χ1n) is 9.76. The average Bonchev–Trinajstić information content (AvgIpc) is 3.27. The summed E-state index contributed by atoms with van der Waals surface area (Å²) in [5.41, 5.74) is 1.52. The van der Waals surface area contributed by atoms with Crippen molar-refractivity contribution in [2.24, 2.45) is 4.99 Å². The Morgan fingerprint density at radius 2 is 1.97 bits per heavy atom. The summed E-state index contributed by atoms with van der Waals surface area (Å²) in [6.45, 7) is 2.72. The van der Waals surface area contributed by atoms with Crippen molar-refractivity contribution in [2.75, 3.05) is 11.5 Å². The first-order valence-corrected chi connectivity index (χ1v) is 10.6. The molecule has 3 aromatic rings. The molecule has 0 unspecified atom stereocenters. The molecular formula is C23H19N3O4S. The van der Waals surface area contributed by atoms with Crippen LogP contribution in [0.25, 0.3) is 10.2 Å². The highest BCUT2D eigenvalue weighted by atomic mass is 32.1. The maximum atomic E-state index is 12.9. The molecule has 8 heteroatoms. The van der Waals surface area contributed by atoms with E-state index in [0.717, 1.165) is 20.9 Å². The molecule has 0 radical (unpaired) electrons. The van der Waals surface area contributed by atoms with Gasteiger partial charge in [-0.05, 0) is 43.3 Å². The highest BCUT2D eigenvalue weighted by Gasteiger charge is 2.30. The van der Waals surface area contributed by atoms with Crippen LogP contribution in [0.4, 0.5) is 5.69 Å². The Hall–Kier alpha value is -3.70. The molecule has 0 N–H and O–H groups in total. The third-order valence-corrected chi connectivity index (χ3v) is 5.86. The third kappa shape index (κ3) is 4.00. The average molecular weight is 433 g/mol. The van der Waals surface area contributed by atoms with E-state index in [4.69, 9.17) is 11.2 Å². The zero-order valence-electron chi connectivity index (χ0n) is 16.8. The molecule has 1 aliphatic heterocycles. The Morgan fingerprint density at radius 3 is 2.68 bits per heavy atom. The van der Waals surface area contributed by atoms with E-state index in [9.17, 15) is 14.4 Å². The number of thiazole rings is 1. The Morgan fingerprint density at radius 1 is 1.19 bits per heavy atom. The molecule has 0 aliphatic carbocycles. The molecule has 1 fully saturated rings. The van der Waals surface area contributed by atoms with Crippen LogP contribution in [0.1, 0.15) is 30.1 Å². The van der Waals surface area contributed by atoms with Gasteiger partial charge in [0.2, 0.25) is 11.8 Å². The molecule has 2 heterocycles. The summed E-state index contributed by atoms with van der Waals surface area (Å²) in [5, 5.41) is 0. The minimum atomic E-state index is -0.483. The second-order valence-corrected chi connectivity index (χ2v) is 7.84. The summed E-state index contributed by atoms with van der Waals surface area (Å²) in [6, 6.07) is 12.0. The number of imide groups is 1. The predicted octanol–water partition coefficient (Wildman–Crippen LogP) is 3.13. The summed E-state index contributed by atoms with van der Waals surface area (Å²) in [5.74, 6) is 2.30. The van der Waals surface area contributed by atoms with Crippen LogP contribution >= 0.6 is 11.3 Å². The van der Waals surface area contributed by atoms with Crippen LogP contribution < -0.4 is 14.4 Å². The largest absolute Gasteiger partial charge is 0.494 e. The molecular weight excluding hydrogens is 414 g/mol. The van der Waals surface area contributed by atoms with E-state index < -0.39 is 5.91 Å². The third-order valence-electron chi connectivity index (χ3n) is 4.81. The van der Waals surface area contributed by atoms with E-state index in [0.29, 0.717) is 17.1 Å². The lowest BCUT2D eigenvalue weighted by Crippen LogP contribution is -2.28. The van der Waals surface area contributed by atoms with Crippen LogP contribution in [0.5, 0.6) is 5.75 Å². The molecule has 156 valence electrons. The Balaban J connectivity index is 1.74. The highest BCUT2D eigenvalue weighted by molar-refractivity contribution is 7.16. The maximum absolute atomic E-state index is 12.9. The van der Waals surface area contributed by atoms with Crippen molar-refractivity contribution in [3.8, 4) is 18.1 Å². The van der Waals surface area contributed by atoms with Crippen LogP contribution in [-0.4, -0.2) is 28.9 Å². The quantitative estimate of drug-likeness (QED) is 0.457. The second kappa shape index (κ2) is 8.58. The van der Waals surface area contributed by atoms with Crippen molar-refractivity contribution in [1.29, 1.82) is 0 Å². The van der Waals surface area contributed by atoms with Gasteiger partial charge in [0, 0.05) is 18.4 Å². The van der Waals surface area contributed by atoms with Gasteiger partial charge >= 0.3 is 0 Å². The van der Waals surface area contributed by atoms with Crippen molar-refractivity contribution in [3.63, 3.8) is 0 Å². The summed E-state index contributed by atoms with van der Waals surface area (Å²) in [6.07, 6.45) is 5.89. The van der Waals surface area contributed by atoms with E-state index in [2.05, 4.69) is 10.9 Å². The Labute approximate surface area is 182 Å². The van der Waals surface area contributed by atoms with Gasteiger partial charge in [0.25, 0.3) is 5.91 Å². The minimum absolute atomic E-state index is 0.180. The summed E-state index contributed by atoms with van der Waals surface area (Å²) < 4.78 is 8.25. The predicted molar refractivity (Wildman–Crippen MR) is 118 cm³/mol. The second-order valence-electron chi connectivity index (χ2n) is 6.83. The zero-order valence-corrected chi connectivity index (χ0v) is 17.6. The molecule has 1 aliphatic rings. The molecule has 3 amide bonds. The number of anilines is 1. The van der Waals surface area contributed by atoms with Gasteiger partial charge in [-0.25, -0.2) is 0 Å². The number of fused-ring (bicyclic) bond motifs is 1. The van der Waals surface area contributed by atoms with E-state index in [-0.39, 0.29) is 36.8 Å². The van der Waals surface area contributed by atoms with E-state index in [1.807, 2.05) is 25.1 Å². The smallest absolute Gasteiger partial charge is 0.279 e. The number of carbonyl (C=O) groups is 3.